The van der Waals surface area contributed by atoms with Crippen LogP contribution in [0.25, 0.3) is 0 Å². The van der Waals surface area contributed by atoms with E-state index >= 15 is 0 Å². The minimum Gasteiger partial charge on any atom is -0.481 e. The van der Waals surface area contributed by atoms with Crippen molar-refractivity contribution in [1.82, 2.24) is 0 Å². The first kappa shape index (κ1) is 44.7. The Kier molecular flexibility index (Phi) is 37.0. The molecule has 0 aliphatic carbocycles. The zero-order valence-corrected chi connectivity index (χ0v) is 31.2. The van der Waals surface area contributed by atoms with Crippen LogP contribution in [0.3, 0.4) is 0 Å². The van der Waals surface area contributed by atoms with Crippen LogP contribution in [0.15, 0.2) is 12.2 Å². The van der Waals surface area contributed by atoms with Gasteiger partial charge in [0.2, 0.25) is 0 Å². The van der Waals surface area contributed by atoms with E-state index in [1.807, 2.05) is 0 Å². The molecule has 46 heavy (non-hydrogen) atoms. The summed E-state index contributed by atoms with van der Waals surface area (Å²) in [6.45, 7) is 4.55. The van der Waals surface area contributed by atoms with E-state index in [4.69, 9.17) is 9.84 Å². The van der Waals surface area contributed by atoms with Crippen LogP contribution in [0.1, 0.15) is 239 Å². The van der Waals surface area contributed by atoms with E-state index in [0.29, 0.717) is 6.42 Å². The molecule has 0 aliphatic rings. The average molecular weight is 649 g/mol. The molecule has 0 rings (SSSR count). The number of ether oxygens (including phenoxy) is 1. The minimum absolute atomic E-state index is 0.00315. The van der Waals surface area contributed by atoms with Crippen LogP contribution in [0, 0.1) is 0 Å². The summed E-state index contributed by atoms with van der Waals surface area (Å²) < 4.78 is 6.00. The van der Waals surface area contributed by atoms with Gasteiger partial charge in [-0.1, -0.05) is 174 Å². The molecule has 0 aliphatic heterocycles. The highest BCUT2D eigenvalue weighted by Crippen LogP contribution is 2.19. The lowest BCUT2D eigenvalue weighted by Crippen LogP contribution is -2.18. The highest BCUT2D eigenvalue weighted by atomic mass is 16.5. The van der Waals surface area contributed by atoms with Crippen LogP contribution in [-0.2, 0) is 14.3 Å². The highest BCUT2D eigenvalue weighted by Gasteiger charge is 2.14. The molecule has 0 amide bonds. The molecule has 1 atom stereocenters. The fourth-order valence-electron chi connectivity index (χ4n) is 6.42. The van der Waals surface area contributed by atoms with Gasteiger partial charge in [-0.05, 0) is 64.2 Å². The van der Waals surface area contributed by atoms with Gasteiger partial charge in [-0.25, -0.2) is 0 Å². The summed E-state index contributed by atoms with van der Waals surface area (Å²) in [5, 5.41) is 8.81. The predicted octanol–water partition coefficient (Wildman–Crippen LogP) is 14.2. The van der Waals surface area contributed by atoms with Gasteiger partial charge in [-0.2, -0.15) is 0 Å². The topological polar surface area (TPSA) is 63.6 Å². The number of esters is 1. The number of carboxylic acid groups (broad SMARTS) is 1. The summed E-state index contributed by atoms with van der Waals surface area (Å²) in [4.78, 5) is 23.4. The molecule has 0 aromatic carbocycles. The van der Waals surface area contributed by atoms with Crippen LogP contribution < -0.4 is 0 Å². The number of aliphatic carboxylic acids is 1. The Morgan fingerprint density at radius 2 is 0.783 bits per heavy atom. The second kappa shape index (κ2) is 38.1. The van der Waals surface area contributed by atoms with Crippen LogP contribution in [0.4, 0.5) is 0 Å². The molecule has 0 heterocycles. The van der Waals surface area contributed by atoms with Crippen LogP contribution >= 0.6 is 0 Å². The van der Waals surface area contributed by atoms with Gasteiger partial charge in [0.1, 0.15) is 6.10 Å². The highest BCUT2D eigenvalue weighted by molar-refractivity contribution is 5.69. The van der Waals surface area contributed by atoms with E-state index in [2.05, 4.69) is 26.0 Å². The van der Waals surface area contributed by atoms with Crippen molar-refractivity contribution in [3.05, 3.63) is 12.2 Å². The van der Waals surface area contributed by atoms with E-state index in [0.717, 1.165) is 64.2 Å². The zero-order valence-electron chi connectivity index (χ0n) is 31.2. The summed E-state index contributed by atoms with van der Waals surface area (Å²) >= 11 is 0. The Morgan fingerprint density at radius 1 is 0.457 bits per heavy atom. The lowest BCUT2D eigenvalue weighted by molar-refractivity contribution is -0.150. The number of allylic oxidation sites excluding steroid dienone is 2. The Balaban J connectivity index is 3.88. The molecule has 4 heteroatoms. The summed E-state index contributed by atoms with van der Waals surface area (Å²) in [5.41, 5.74) is 0. The molecule has 1 N–H and O–H groups in total. The van der Waals surface area contributed by atoms with Gasteiger partial charge in [-0.3, -0.25) is 9.59 Å². The molecule has 0 bridgehead atoms. The van der Waals surface area contributed by atoms with Crippen molar-refractivity contribution in [1.29, 1.82) is 0 Å². The van der Waals surface area contributed by atoms with Crippen LogP contribution in [0.5, 0.6) is 0 Å². The van der Waals surface area contributed by atoms with Crippen molar-refractivity contribution in [2.45, 2.75) is 245 Å². The zero-order chi connectivity index (χ0) is 33.6. The Hall–Kier alpha value is -1.32. The third kappa shape index (κ3) is 37.1. The first-order valence-electron chi connectivity index (χ1n) is 20.7. The third-order valence-electron chi connectivity index (χ3n) is 9.49. The van der Waals surface area contributed by atoms with Crippen molar-refractivity contribution in [3.8, 4) is 0 Å². The van der Waals surface area contributed by atoms with E-state index in [9.17, 15) is 9.59 Å². The molecule has 0 spiro atoms. The number of unbranched alkanes of at least 4 members (excludes halogenated alkanes) is 27. The van der Waals surface area contributed by atoms with Crippen molar-refractivity contribution < 1.29 is 19.4 Å². The van der Waals surface area contributed by atoms with Crippen molar-refractivity contribution >= 4 is 11.9 Å². The molecule has 0 saturated carbocycles. The first-order chi connectivity index (χ1) is 22.6. The maximum Gasteiger partial charge on any atom is 0.306 e. The Morgan fingerprint density at radius 3 is 1.17 bits per heavy atom. The molecule has 1 unspecified atom stereocenters. The Bertz CT molecular complexity index is 658. The maximum absolute atomic E-state index is 12.7. The van der Waals surface area contributed by atoms with E-state index < -0.39 is 5.97 Å². The summed E-state index contributed by atoms with van der Waals surface area (Å²) in [6.07, 6.45) is 46.7. The number of hydrogen-bond donors (Lipinski definition) is 1. The molecule has 4 nitrogen and oxygen atoms in total. The Labute approximate surface area is 287 Å². The van der Waals surface area contributed by atoms with Crippen molar-refractivity contribution in [3.63, 3.8) is 0 Å². The van der Waals surface area contributed by atoms with Crippen LogP contribution in [-0.4, -0.2) is 23.1 Å². The molecule has 0 aromatic heterocycles. The second-order valence-corrected chi connectivity index (χ2v) is 14.2. The molecular formula is C42H80O4. The van der Waals surface area contributed by atoms with Gasteiger partial charge in [-0.15, -0.1) is 0 Å². The van der Waals surface area contributed by atoms with Gasteiger partial charge in [0, 0.05) is 12.8 Å². The quantitative estimate of drug-likeness (QED) is 0.0411. The van der Waals surface area contributed by atoms with E-state index in [-0.39, 0.29) is 18.5 Å². The minimum atomic E-state index is -0.698. The SMILES string of the molecule is CCCCCCCC/C=C\CCCCCCCCCCCC(=O)OC(CCCCCCCCCCC)CCCCCCCC(=O)O. The maximum atomic E-state index is 12.7. The molecule has 0 aromatic rings. The van der Waals surface area contributed by atoms with Gasteiger partial charge in [0.25, 0.3) is 0 Å². The monoisotopic (exact) mass is 649 g/mol. The number of carbonyl (C=O) groups excluding carboxylic acids is 1. The van der Waals surface area contributed by atoms with Gasteiger partial charge in [0.05, 0.1) is 0 Å². The third-order valence-corrected chi connectivity index (χ3v) is 9.49. The number of carbonyl (C=O) groups is 2. The molecular weight excluding hydrogens is 568 g/mol. The normalized spacial score (nSPS) is 12.2. The molecule has 272 valence electrons. The second-order valence-electron chi connectivity index (χ2n) is 14.2. The number of rotatable bonds is 38. The molecule has 0 radical (unpaired) electrons. The molecule has 0 saturated heterocycles. The summed E-state index contributed by atoms with van der Waals surface area (Å²) in [7, 11) is 0. The first-order valence-corrected chi connectivity index (χ1v) is 20.7. The fraction of sp³-hybridized carbons (Fsp3) is 0.905. The average Bonchev–Trinajstić information content (AvgIpc) is 3.04. The molecule has 0 fully saturated rings. The number of hydrogen-bond acceptors (Lipinski definition) is 3. The predicted molar refractivity (Wildman–Crippen MR) is 200 cm³/mol. The lowest BCUT2D eigenvalue weighted by Gasteiger charge is -2.18. The van der Waals surface area contributed by atoms with E-state index in [1.54, 1.807) is 0 Å². The van der Waals surface area contributed by atoms with E-state index in [1.165, 1.54) is 148 Å². The summed E-state index contributed by atoms with van der Waals surface area (Å²) in [6, 6.07) is 0. The van der Waals surface area contributed by atoms with Gasteiger partial charge >= 0.3 is 11.9 Å². The smallest absolute Gasteiger partial charge is 0.306 e. The fourth-order valence-corrected chi connectivity index (χ4v) is 6.42. The number of carboxylic acids is 1. The van der Waals surface area contributed by atoms with Crippen molar-refractivity contribution in [2.24, 2.45) is 0 Å². The van der Waals surface area contributed by atoms with Crippen LogP contribution in [0.2, 0.25) is 0 Å². The standard InChI is InChI=1S/C42H80O4/c1-3-5-7-9-11-13-14-15-16-17-18-19-20-21-22-24-26-31-35-39-42(45)46-40(37-33-29-27-30-34-38-41(43)44)36-32-28-25-23-12-10-8-6-4-2/h15-16,40H,3-14,17-39H2,1-2H3,(H,43,44)/b16-15-. The summed E-state index contributed by atoms with van der Waals surface area (Å²) in [5.74, 6) is -0.695. The largest absolute Gasteiger partial charge is 0.481 e. The lowest BCUT2D eigenvalue weighted by atomic mass is 10.0. The van der Waals surface area contributed by atoms with Crippen molar-refractivity contribution in [2.75, 3.05) is 0 Å². The van der Waals surface area contributed by atoms with Gasteiger partial charge < -0.3 is 9.84 Å². The van der Waals surface area contributed by atoms with Gasteiger partial charge in [0.15, 0.2) is 0 Å².